The molecule has 0 atom stereocenters. The van der Waals surface area contributed by atoms with Gasteiger partial charge in [0.1, 0.15) is 0 Å². The van der Waals surface area contributed by atoms with Gasteiger partial charge in [-0.3, -0.25) is 0 Å². The van der Waals surface area contributed by atoms with Crippen LogP contribution in [-0.2, 0) is 0 Å². The maximum Gasteiger partial charge on any atom is 0.166 e. The summed E-state index contributed by atoms with van der Waals surface area (Å²) in [4.78, 5) is 0. The van der Waals surface area contributed by atoms with Gasteiger partial charge >= 0.3 is 0 Å². The van der Waals surface area contributed by atoms with E-state index in [1.165, 1.54) is 6.42 Å². The lowest BCUT2D eigenvalue weighted by molar-refractivity contribution is -0.0559. The molecule has 1 rings (SSSR count). The van der Waals surface area contributed by atoms with Crippen molar-refractivity contribution in [3.05, 3.63) is 6.42 Å². The Morgan fingerprint density at radius 2 is 1.80 bits per heavy atom. The van der Waals surface area contributed by atoms with Crippen LogP contribution < -0.4 is 0 Å². The van der Waals surface area contributed by atoms with Crippen LogP contribution in [0.15, 0.2) is 0 Å². The first-order valence-electron chi connectivity index (χ1n) is 1.50. The van der Waals surface area contributed by atoms with Crippen molar-refractivity contribution in [2.45, 2.75) is 12.2 Å². The smallest absolute Gasteiger partial charge is 0.166 e. The Morgan fingerprint density at radius 1 is 1.60 bits per heavy atom. The minimum atomic E-state index is -1.38. The minimum absolute atomic E-state index is 0.438. The van der Waals surface area contributed by atoms with Crippen molar-refractivity contribution in [2.24, 2.45) is 0 Å². The van der Waals surface area contributed by atoms with Crippen molar-refractivity contribution in [1.29, 1.82) is 0 Å². The Kier molecular flexibility index (Phi) is 0.333. The van der Waals surface area contributed by atoms with Gasteiger partial charge in [0.2, 0.25) is 0 Å². The van der Waals surface area contributed by atoms with Crippen LogP contribution >= 0.6 is 0 Å². The van der Waals surface area contributed by atoms with Gasteiger partial charge in [-0.25, -0.2) is 0 Å². The fraction of sp³-hybridized carbons (Fsp3) is 0.667. The van der Waals surface area contributed by atoms with E-state index in [1.807, 2.05) is 0 Å². The molecular formula is C3H5O2. The maximum absolute atomic E-state index is 8.13. The predicted octanol–water partition coefficient (Wildman–Crippen LogP) is -0.725. The number of hydrogen-bond donors (Lipinski definition) is 2. The highest BCUT2D eigenvalue weighted by Crippen LogP contribution is 2.28. The zero-order chi connectivity index (χ0) is 3.91. The monoisotopic (exact) mass is 73.0 g/mol. The summed E-state index contributed by atoms with van der Waals surface area (Å²) in [7, 11) is 0. The molecule has 0 bridgehead atoms. The Morgan fingerprint density at radius 3 is 1.80 bits per heavy atom. The molecule has 2 N–H and O–H groups in total. The van der Waals surface area contributed by atoms with Gasteiger partial charge in [0.25, 0.3) is 0 Å². The van der Waals surface area contributed by atoms with Crippen LogP contribution in [0.5, 0.6) is 0 Å². The zero-order valence-electron chi connectivity index (χ0n) is 2.68. The summed E-state index contributed by atoms with van der Waals surface area (Å²) in [5.74, 6) is -1.38. The summed E-state index contributed by atoms with van der Waals surface area (Å²) >= 11 is 0. The Labute approximate surface area is 30.1 Å². The van der Waals surface area contributed by atoms with Crippen molar-refractivity contribution in [2.75, 3.05) is 0 Å². The Hall–Kier alpha value is -0.0800. The van der Waals surface area contributed by atoms with Crippen LogP contribution in [0.25, 0.3) is 0 Å². The van der Waals surface area contributed by atoms with Crippen LogP contribution in [0.4, 0.5) is 0 Å². The summed E-state index contributed by atoms with van der Waals surface area (Å²) < 4.78 is 0. The van der Waals surface area contributed by atoms with Crippen molar-refractivity contribution < 1.29 is 10.2 Å². The SMILES string of the molecule is OC1(O)[CH]C1. The second-order valence-corrected chi connectivity index (χ2v) is 1.29. The zero-order valence-corrected chi connectivity index (χ0v) is 2.68. The normalized spacial score (nSPS) is 30.0. The predicted molar refractivity (Wildman–Crippen MR) is 16.1 cm³/mol. The second-order valence-electron chi connectivity index (χ2n) is 1.29. The summed E-state index contributed by atoms with van der Waals surface area (Å²) in [5.41, 5.74) is 0. The van der Waals surface area contributed by atoms with E-state index in [0.29, 0.717) is 6.42 Å². The van der Waals surface area contributed by atoms with Gasteiger partial charge in [0.05, 0.1) is 0 Å². The first kappa shape index (κ1) is 3.12. The summed E-state index contributed by atoms with van der Waals surface area (Å²) in [6.07, 6.45) is 1.86. The molecule has 1 fully saturated rings. The van der Waals surface area contributed by atoms with Crippen molar-refractivity contribution >= 4 is 0 Å². The molecule has 1 aliphatic rings. The molecule has 1 saturated carbocycles. The van der Waals surface area contributed by atoms with Crippen LogP contribution in [0.2, 0.25) is 0 Å². The molecule has 0 aromatic carbocycles. The van der Waals surface area contributed by atoms with Gasteiger partial charge in [0.15, 0.2) is 5.79 Å². The topological polar surface area (TPSA) is 40.5 Å². The molecule has 2 nitrogen and oxygen atoms in total. The fourth-order valence-electron chi connectivity index (χ4n) is 0.0913. The lowest BCUT2D eigenvalue weighted by Gasteiger charge is -1.86. The first-order valence-corrected chi connectivity index (χ1v) is 1.50. The van der Waals surface area contributed by atoms with Gasteiger partial charge in [-0.1, -0.05) is 0 Å². The lowest BCUT2D eigenvalue weighted by atomic mass is 10.7. The molecule has 1 aliphatic carbocycles. The van der Waals surface area contributed by atoms with Gasteiger partial charge in [-0.15, -0.1) is 0 Å². The van der Waals surface area contributed by atoms with Crippen molar-refractivity contribution in [1.82, 2.24) is 0 Å². The molecule has 5 heavy (non-hydrogen) atoms. The number of rotatable bonds is 0. The van der Waals surface area contributed by atoms with Crippen LogP contribution in [0.3, 0.4) is 0 Å². The van der Waals surface area contributed by atoms with E-state index >= 15 is 0 Å². The highest BCUT2D eigenvalue weighted by molar-refractivity contribution is 5.02. The highest BCUT2D eigenvalue weighted by Gasteiger charge is 2.37. The van der Waals surface area contributed by atoms with E-state index in [4.69, 9.17) is 10.2 Å². The first-order chi connectivity index (χ1) is 2.21. The Balaban J connectivity index is 2.38. The minimum Gasteiger partial charge on any atom is -0.365 e. The van der Waals surface area contributed by atoms with Gasteiger partial charge in [-0.2, -0.15) is 0 Å². The molecule has 0 aliphatic heterocycles. The number of hydrogen-bond acceptors (Lipinski definition) is 2. The molecule has 0 unspecified atom stereocenters. The van der Waals surface area contributed by atoms with E-state index < -0.39 is 5.79 Å². The Bertz CT molecular complexity index is 42.9. The van der Waals surface area contributed by atoms with E-state index in [1.54, 1.807) is 0 Å². The van der Waals surface area contributed by atoms with Crippen molar-refractivity contribution in [3.63, 3.8) is 0 Å². The molecule has 1 radical (unpaired) electrons. The summed E-state index contributed by atoms with van der Waals surface area (Å²) in [6.45, 7) is 0. The molecule has 0 spiro atoms. The van der Waals surface area contributed by atoms with Crippen molar-refractivity contribution in [3.8, 4) is 0 Å². The van der Waals surface area contributed by atoms with Gasteiger partial charge in [-0.05, 0) is 0 Å². The van der Waals surface area contributed by atoms with Gasteiger partial charge < -0.3 is 10.2 Å². The third-order valence-corrected chi connectivity index (χ3v) is 0.569. The highest BCUT2D eigenvalue weighted by atomic mass is 16.5. The van der Waals surface area contributed by atoms with E-state index in [2.05, 4.69) is 0 Å². The van der Waals surface area contributed by atoms with Crippen LogP contribution in [0.1, 0.15) is 6.42 Å². The van der Waals surface area contributed by atoms with E-state index in [0.717, 1.165) is 0 Å². The largest absolute Gasteiger partial charge is 0.365 e. The van der Waals surface area contributed by atoms with Gasteiger partial charge in [0, 0.05) is 12.8 Å². The average molecular weight is 73.1 g/mol. The molecule has 0 aromatic rings. The summed E-state index contributed by atoms with van der Waals surface area (Å²) in [6, 6.07) is 0. The molecule has 0 aromatic heterocycles. The average Bonchev–Trinajstić information content (AvgIpc) is 1.76. The third-order valence-electron chi connectivity index (χ3n) is 0.569. The van der Waals surface area contributed by atoms with Crippen LogP contribution in [-0.4, -0.2) is 16.0 Å². The fourth-order valence-corrected chi connectivity index (χ4v) is 0.0913. The third kappa shape index (κ3) is 0.597. The maximum atomic E-state index is 8.13. The molecule has 0 saturated heterocycles. The molecule has 29 valence electrons. The molecular weight excluding hydrogens is 68.0 g/mol. The molecule has 0 amide bonds. The standard InChI is InChI=1S/C3H5O2/c4-3(5)1-2-3/h1,4-5H,2H2. The summed E-state index contributed by atoms with van der Waals surface area (Å²) in [5, 5.41) is 16.3. The number of aliphatic hydroxyl groups is 2. The van der Waals surface area contributed by atoms with E-state index in [-0.39, 0.29) is 0 Å². The van der Waals surface area contributed by atoms with E-state index in [9.17, 15) is 0 Å². The molecule has 2 heteroatoms. The lowest BCUT2D eigenvalue weighted by Crippen LogP contribution is -2.01. The quantitative estimate of drug-likeness (QED) is 0.371. The molecule has 0 heterocycles. The second kappa shape index (κ2) is 0.533. The van der Waals surface area contributed by atoms with Crippen LogP contribution in [0, 0.1) is 6.42 Å².